The van der Waals surface area contributed by atoms with Crippen molar-refractivity contribution in [3.05, 3.63) is 0 Å². The van der Waals surface area contributed by atoms with E-state index in [1.807, 2.05) is 0 Å². The second-order valence-electron chi connectivity index (χ2n) is 5.00. The molecule has 13 heteroatoms. The topological polar surface area (TPSA) is 172 Å². The Morgan fingerprint density at radius 2 is 1.48 bits per heavy atom. The quantitative estimate of drug-likeness (QED) is 0.302. The Kier molecular flexibility index (Phi) is 7.25. The lowest BCUT2D eigenvalue weighted by molar-refractivity contribution is -0.289. The molecule has 0 bridgehead atoms. The minimum absolute atomic E-state index is 0.539. The largest absolute Gasteiger partial charge is 0.463 e. The summed E-state index contributed by atoms with van der Waals surface area (Å²) in [5.41, 5.74) is 0. The second-order valence-corrected chi connectivity index (χ2v) is 6.05. The van der Waals surface area contributed by atoms with Crippen molar-refractivity contribution in [1.82, 2.24) is 0 Å². The first-order valence-electron chi connectivity index (χ1n) is 6.87. The lowest BCUT2D eigenvalue weighted by atomic mass is 9.98. The molecule has 12 nitrogen and oxygen atoms in total. The fourth-order valence-corrected chi connectivity index (χ4v) is 2.63. The molecule has 1 rings (SSSR count). The molecule has 144 valence electrons. The summed E-state index contributed by atoms with van der Waals surface area (Å²) >= 11 is 0. The Hall–Kier alpha value is -1.80. The second kappa shape index (κ2) is 8.53. The molecule has 0 spiro atoms. The van der Waals surface area contributed by atoms with Gasteiger partial charge < -0.3 is 24.1 Å². The van der Waals surface area contributed by atoms with Gasteiger partial charge in [-0.2, -0.15) is 8.42 Å². The van der Waals surface area contributed by atoms with Gasteiger partial charge in [-0.15, -0.1) is 0 Å². The van der Waals surface area contributed by atoms with Crippen molar-refractivity contribution in [2.75, 3.05) is 6.61 Å². The number of hydrogen-bond donors (Lipinski definition) is 2. The molecule has 1 saturated heterocycles. The summed E-state index contributed by atoms with van der Waals surface area (Å²) in [5.74, 6) is -2.56. The van der Waals surface area contributed by atoms with Crippen LogP contribution in [0.4, 0.5) is 0 Å². The first kappa shape index (κ1) is 21.2. The van der Waals surface area contributed by atoms with Crippen molar-refractivity contribution in [2.24, 2.45) is 0 Å². The van der Waals surface area contributed by atoms with Crippen LogP contribution in [0, 0.1) is 0 Å². The molecule has 0 aromatic carbocycles. The highest BCUT2D eigenvalue weighted by molar-refractivity contribution is 7.80. The average Bonchev–Trinajstić information content (AvgIpc) is 2.41. The van der Waals surface area contributed by atoms with E-state index in [4.69, 9.17) is 23.5 Å². The van der Waals surface area contributed by atoms with Gasteiger partial charge in [-0.1, -0.05) is 0 Å². The zero-order valence-electron chi connectivity index (χ0n) is 13.5. The van der Waals surface area contributed by atoms with Crippen LogP contribution < -0.4 is 0 Å². The molecule has 0 aliphatic carbocycles. The van der Waals surface area contributed by atoms with Crippen LogP contribution in [0.25, 0.3) is 0 Å². The average molecular weight is 386 g/mol. The van der Waals surface area contributed by atoms with Crippen molar-refractivity contribution in [2.45, 2.75) is 51.5 Å². The van der Waals surface area contributed by atoms with Gasteiger partial charge in [0, 0.05) is 20.8 Å². The maximum Gasteiger partial charge on any atom is 0.397 e. The van der Waals surface area contributed by atoms with E-state index in [1.165, 1.54) is 0 Å². The Labute approximate surface area is 142 Å². The molecule has 25 heavy (non-hydrogen) atoms. The number of esters is 3. The van der Waals surface area contributed by atoms with E-state index in [0.717, 1.165) is 20.8 Å². The van der Waals surface area contributed by atoms with E-state index >= 15 is 0 Å². The normalized spacial score (nSPS) is 29.6. The van der Waals surface area contributed by atoms with E-state index in [1.54, 1.807) is 0 Å². The fourth-order valence-electron chi connectivity index (χ4n) is 2.13. The number of rotatable bonds is 6. The zero-order chi connectivity index (χ0) is 19.4. The van der Waals surface area contributed by atoms with Gasteiger partial charge in [-0.25, -0.2) is 4.18 Å². The Morgan fingerprint density at radius 1 is 0.960 bits per heavy atom. The number of aliphatic hydroxyl groups excluding tert-OH is 1. The van der Waals surface area contributed by atoms with Crippen molar-refractivity contribution in [3.63, 3.8) is 0 Å². The summed E-state index contributed by atoms with van der Waals surface area (Å²) < 4.78 is 54.9. The standard InChI is InChI=1S/C12H18O12S/c1-5(13)20-4-8-9(21-6(2)14)10(24-25(17,18)19)11(12(16)23-8)22-7(3)15/h8-12,16H,4H2,1-3H3,(H,17,18,19)/t8-,9+,10+,11-,12+/m1/s1. The molecule has 0 unspecified atom stereocenters. The van der Waals surface area contributed by atoms with Gasteiger partial charge in [-0.3, -0.25) is 18.9 Å². The minimum atomic E-state index is -5.10. The molecule has 0 saturated carbocycles. The third-order valence-corrected chi connectivity index (χ3v) is 3.36. The van der Waals surface area contributed by atoms with Crippen molar-refractivity contribution in [3.8, 4) is 0 Å². The van der Waals surface area contributed by atoms with Gasteiger partial charge in [0.1, 0.15) is 12.7 Å². The first-order valence-corrected chi connectivity index (χ1v) is 8.24. The molecule has 0 radical (unpaired) electrons. The van der Waals surface area contributed by atoms with E-state index in [-0.39, 0.29) is 0 Å². The molecule has 0 aromatic heterocycles. The SMILES string of the molecule is CC(=O)OC[C@H]1O[C@H](O)[C@H](OC(C)=O)[C@@H](OS(=O)(=O)O)[C@H]1OC(C)=O. The van der Waals surface area contributed by atoms with Crippen LogP contribution in [-0.4, -0.2) is 73.3 Å². The number of hydrogen-bond acceptors (Lipinski definition) is 11. The van der Waals surface area contributed by atoms with E-state index in [2.05, 4.69) is 4.18 Å². The molecular weight excluding hydrogens is 368 g/mol. The van der Waals surface area contributed by atoms with E-state index in [9.17, 15) is 27.9 Å². The monoisotopic (exact) mass is 386 g/mol. The maximum absolute atomic E-state index is 11.3. The lowest BCUT2D eigenvalue weighted by Gasteiger charge is -2.42. The van der Waals surface area contributed by atoms with Crippen molar-refractivity contribution >= 4 is 28.3 Å². The van der Waals surface area contributed by atoms with Crippen LogP contribution in [0.1, 0.15) is 20.8 Å². The molecule has 0 amide bonds. The summed E-state index contributed by atoms with van der Waals surface area (Å²) in [5, 5.41) is 9.94. The molecule has 1 fully saturated rings. The number of carbonyl (C=O) groups excluding carboxylic acids is 3. The van der Waals surface area contributed by atoms with E-state index < -0.39 is 65.6 Å². The zero-order valence-corrected chi connectivity index (χ0v) is 14.3. The number of carbonyl (C=O) groups is 3. The highest BCUT2D eigenvalue weighted by Gasteiger charge is 2.52. The van der Waals surface area contributed by atoms with Crippen LogP contribution in [0.15, 0.2) is 0 Å². The Morgan fingerprint density at radius 3 is 1.92 bits per heavy atom. The van der Waals surface area contributed by atoms with Crippen LogP contribution >= 0.6 is 0 Å². The smallest absolute Gasteiger partial charge is 0.397 e. The highest BCUT2D eigenvalue weighted by Crippen LogP contribution is 2.28. The third kappa shape index (κ3) is 6.91. The predicted molar refractivity (Wildman–Crippen MR) is 75.0 cm³/mol. The molecule has 5 atom stereocenters. The van der Waals surface area contributed by atoms with E-state index in [0.29, 0.717) is 0 Å². The molecule has 1 aliphatic rings. The molecule has 1 aliphatic heterocycles. The lowest BCUT2D eigenvalue weighted by Crippen LogP contribution is -2.62. The van der Waals surface area contributed by atoms with Crippen molar-refractivity contribution in [1.29, 1.82) is 0 Å². The highest BCUT2D eigenvalue weighted by atomic mass is 32.3. The Balaban J connectivity index is 3.20. The Bertz CT molecular complexity index is 614. The summed E-state index contributed by atoms with van der Waals surface area (Å²) in [6.07, 6.45) is -8.47. The fraction of sp³-hybridized carbons (Fsp3) is 0.750. The number of ether oxygens (including phenoxy) is 4. The van der Waals surface area contributed by atoms with Crippen LogP contribution in [0.5, 0.6) is 0 Å². The van der Waals surface area contributed by atoms with Gasteiger partial charge in [0.05, 0.1) is 0 Å². The molecule has 1 heterocycles. The molecule has 0 aromatic rings. The summed E-state index contributed by atoms with van der Waals surface area (Å²) in [7, 11) is -5.10. The van der Waals surface area contributed by atoms with Crippen LogP contribution in [0.2, 0.25) is 0 Å². The first-order chi connectivity index (χ1) is 11.4. The molecular formula is C12H18O12S. The van der Waals surface area contributed by atoms with Crippen LogP contribution in [-0.2, 0) is 47.9 Å². The summed E-state index contributed by atoms with van der Waals surface area (Å²) in [6, 6.07) is 0. The minimum Gasteiger partial charge on any atom is -0.463 e. The third-order valence-electron chi connectivity index (χ3n) is 2.90. The van der Waals surface area contributed by atoms with Gasteiger partial charge in [-0.05, 0) is 0 Å². The van der Waals surface area contributed by atoms with Gasteiger partial charge in [0.15, 0.2) is 24.6 Å². The van der Waals surface area contributed by atoms with Gasteiger partial charge >= 0.3 is 28.3 Å². The van der Waals surface area contributed by atoms with Gasteiger partial charge in [0.25, 0.3) is 0 Å². The predicted octanol–water partition coefficient (Wildman–Crippen LogP) is -1.68. The van der Waals surface area contributed by atoms with Gasteiger partial charge in [0.2, 0.25) is 0 Å². The maximum atomic E-state index is 11.3. The summed E-state index contributed by atoms with van der Waals surface area (Å²) in [6.45, 7) is 2.48. The molecule has 2 N–H and O–H groups in total. The number of aliphatic hydroxyl groups is 1. The van der Waals surface area contributed by atoms with Crippen LogP contribution in [0.3, 0.4) is 0 Å². The van der Waals surface area contributed by atoms with Crippen molar-refractivity contribution < 1.29 is 55.6 Å². The summed E-state index contributed by atoms with van der Waals surface area (Å²) in [4.78, 5) is 33.4.